The summed E-state index contributed by atoms with van der Waals surface area (Å²) < 4.78 is 14.5. The van der Waals surface area contributed by atoms with E-state index in [0.29, 0.717) is 5.56 Å². The van der Waals surface area contributed by atoms with Gasteiger partial charge in [-0.2, -0.15) is 0 Å². The summed E-state index contributed by atoms with van der Waals surface area (Å²) in [6.07, 6.45) is 11.1. The van der Waals surface area contributed by atoms with Gasteiger partial charge in [0, 0.05) is 16.1 Å². The molecule has 20 heavy (non-hydrogen) atoms. The van der Waals surface area contributed by atoms with Crippen LogP contribution in [0.4, 0.5) is 4.39 Å². The third-order valence-corrected chi connectivity index (χ3v) is 4.43. The molecule has 0 radical (unpaired) electrons. The molecular weight excluding hydrogens is 317 g/mol. The first-order valence-corrected chi connectivity index (χ1v) is 8.65. The smallest absolute Gasteiger partial charge is 0.129 e. The molecule has 114 valence electrons. The van der Waals surface area contributed by atoms with E-state index in [1.165, 1.54) is 51.0 Å². The van der Waals surface area contributed by atoms with Crippen molar-refractivity contribution in [3.8, 4) is 0 Å². The molecule has 1 aromatic rings. The molecule has 1 atom stereocenters. The van der Waals surface area contributed by atoms with Crippen molar-refractivity contribution in [3.05, 3.63) is 34.1 Å². The minimum absolute atomic E-state index is 0.202. The summed E-state index contributed by atoms with van der Waals surface area (Å²) in [6, 6.07) is 4.83. The number of nitrogens with two attached hydrogens (primary N) is 1. The highest BCUT2D eigenvalue weighted by Crippen LogP contribution is 2.28. The molecule has 0 saturated heterocycles. The van der Waals surface area contributed by atoms with Gasteiger partial charge in [0.15, 0.2) is 0 Å². The van der Waals surface area contributed by atoms with Crippen LogP contribution >= 0.6 is 15.9 Å². The second kappa shape index (κ2) is 10.3. The number of hydrogen-bond acceptors (Lipinski definition) is 1. The Morgan fingerprint density at radius 3 is 2.25 bits per heavy atom. The topological polar surface area (TPSA) is 26.0 Å². The Hall–Kier alpha value is -0.410. The van der Waals surface area contributed by atoms with E-state index < -0.39 is 0 Å². The van der Waals surface area contributed by atoms with Crippen molar-refractivity contribution >= 4 is 15.9 Å². The van der Waals surface area contributed by atoms with Gasteiger partial charge in [-0.3, -0.25) is 0 Å². The van der Waals surface area contributed by atoms with Crippen LogP contribution in [0.25, 0.3) is 0 Å². The number of hydrogen-bond donors (Lipinski definition) is 1. The molecule has 1 aromatic carbocycles. The molecule has 0 aliphatic carbocycles. The number of benzene rings is 1. The zero-order valence-corrected chi connectivity index (χ0v) is 14.1. The SMILES string of the molecule is CCCCCCCCCCC(N)c1c(F)cccc1Br. The van der Waals surface area contributed by atoms with E-state index in [4.69, 9.17) is 5.73 Å². The van der Waals surface area contributed by atoms with Gasteiger partial charge < -0.3 is 5.73 Å². The van der Waals surface area contributed by atoms with Crippen molar-refractivity contribution in [1.82, 2.24) is 0 Å². The molecule has 1 unspecified atom stereocenters. The average Bonchev–Trinajstić information content (AvgIpc) is 2.41. The Morgan fingerprint density at radius 1 is 1.05 bits per heavy atom. The van der Waals surface area contributed by atoms with Gasteiger partial charge in [0.2, 0.25) is 0 Å². The Balaban J connectivity index is 2.19. The van der Waals surface area contributed by atoms with E-state index in [-0.39, 0.29) is 11.9 Å². The van der Waals surface area contributed by atoms with Crippen LogP contribution in [0.15, 0.2) is 22.7 Å². The lowest BCUT2D eigenvalue weighted by Gasteiger charge is -2.14. The van der Waals surface area contributed by atoms with Gasteiger partial charge in [-0.25, -0.2) is 4.39 Å². The number of unbranched alkanes of at least 4 members (excludes halogenated alkanes) is 7. The quantitative estimate of drug-likeness (QED) is 0.509. The first-order valence-electron chi connectivity index (χ1n) is 7.86. The van der Waals surface area contributed by atoms with Gasteiger partial charge >= 0.3 is 0 Å². The van der Waals surface area contributed by atoms with Crippen molar-refractivity contribution in [1.29, 1.82) is 0 Å². The zero-order chi connectivity index (χ0) is 14.8. The van der Waals surface area contributed by atoms with Crippen molar-refractivity contribution in [2.75, 3.05) is 0 Å². The minimum Gasteiger partial charge on any atom is -0.324 e. The third kappa shape index (κ3) is 6.36. The standard InChI is InChI=1S/C17H27BrFN/c1-2-3-4-5-6-7-8-9-13-16(20)17-14(18)11-10-12-15(17)19/h10-12,16H,2-9,13,20H2,1H3. The van der Waals surface area contributed by atoms with Crippen molar-refractivity contribution in [3.63, 3.8) is 0 Å². The first-order chi connectivity index (χ1) is 9.66. The zero-order valence-electron chi connectivity index (χ0n) is 12.5. The summed E-state index contributed by atoms with van der Waals surface area (Å²) in [7, 11) is 0. The van der Waals surface area contributed by atoms with Gasteiger partial charge in [0.05, 0.1) is 0 Å². The second-order valence-corrected chi connectivity index (χ2v) is 6.36. The summed E-state index contributed by atoms with van der Waals surface area (Å²) in [5, 5.41) is 0. The largest absolute Gasteiger partial charge is 0.324 e. The van der Waals surface area contributed by atoms with Crippen LogP contribution in [-0.2, 0) is 0 Å². The predicted octanol–water partition coefficient (Wildman–Crippen LogP) is 6.12. The van der Waals surface area contributed by atoms with Gasteiger partial charge in [0.25, 0.3) is 0 Å². The van der Waals surface area contributed by atoms with E-state index in [2.05, 4.69) is 22.9 Å². The maximum absolute atomic E-state index is 13.7. The fraction of sp³-hybridized carbons (Fsp3) is 0.647. The van der Waals surface area contributed by atoms with E-state index in [1.807, 2.05) is 6.07 Å². The van der Waals surface area contributed by atoms with Crippen LogP contribution in [0.1, 0.15) is 76.3 Å². The molecule has 0 fully saturated rings. The Labute approximate surface area is 131 Å². The molecule has 0 heterocycles. The van der Waals surface area contributed by atoms with Crippen LogP contribution < -0.4 is 5.73 Å². The van der Waals surface area contributed by atoms with E-state index in [0.717, 1.165) is 17.3 Å². The fourth-order valence-corrected chi connectivity index (χ4v) is 3.14. The fourth-order valence-electron chi connectivity index (χ4n) is 2.51. The maximum atomic E-state index is 13.7. The molecule has 0 aromatic heterocycles. The normalized spacial score (nSPS) is 12.6. The molecule has 0 bridgehead atoms. The van der Waals surface area contributed by atoms with Gasteiger partial charge in [-0.1, -0.05) is 80.3 Å². The van der Waals surface area contributed by atoms with E-state index in [1.54, 1.807) is 6.07 Å². The summed E-state index contributed by atoms with van der Waals surface area (Å²) in [5.41, 5.74) is 6.73. The van der Waals surface area contributed by atoms with Crippen molar-refractivity contribution in [2.45, 2.75) is 70.8 Å². The molecule has 1 nitrogen and oxygen atoms in total. The minimum atomic E-state index is -0.203. The lowest BCUT2D eigenvalue weighted by atomic mass is 10.00. The molecule has 1 rings (SSSR count). The van der Waals surface area contributed by atoms with Crippen LogP contribution in [0.2, 0.25) is 0 Å². The van der Waals surface area contributed by atoms with E-state index in [9.17, 15) is 4.39 Å². The highest BCUT2D eigenvalue weighted by atomic mass is 79.9. The maximum Gasteiger partial charge on any atom is 0.129 e. The molecule has 0 saturated carbocycles. The first kappa shape index (κ1) is 17.6. The lowest BCUT2D eigenvalue weighted by molar-refractivity contribution is 0.516. The molecule has 2 N–H and O–H groups in total. The molecule has 0 aliphatic heterocycles. The second-order valence-electron chi connectivity index (χ2n) is 5.51. The molecule has 3 heteroatoms. The predicted molar refractivity (Wildman–Crippen MR) is 88.3 cm³/mol. The summed E-state index contributed by atoms with van der Waals surface area (Å²) in [5.74, 6) is -0.202. The molecule has 0 spiro atoms. The Bertz CT molecular complexity index is 361. The van der Waals surface area contributed by atoms with Crippen molar-refractivity contribution < 1.29 is 4.39 Å². The Kier molecular flexibility index (Phi) is 9.12. The van der Waals surface area contributed by atoms with Crippen LogP contribution in [-0.4, -0.2) is 0 Å². The van der Waals surface area contributed by atoms with Gasteiger partial charge in [-0.05, 0) is 18.6 Å². The monoisotopic (exact) mass is 343 g/mol. The third-order valence-electron chi connectivity index (χ3n) is 3.74. The molecule has 0 aliphatic rings. The van der Waals surface area contributed by atoms with Gasteiger partial charge in [0.1, 0.15) is 5.82 Å². The molecule has 0 amide bonds. The summed E-state index contributed by atoms with van der Waals surface area (Å²) >= 11 is 3.39. The molecular formula is C17H27BrFN. The summed E-state index contributed by atoms with van der Waals surface area (Å²) in [6.45, 7) is 2.24. The van der Waals surface area contributed by atoms with Crippen LogP contribution in [0.5, 0.6) is 0 Å². The Morgan fingerprint density at radius 2 is 1.65 bits per heavy atom. The highest BCUT2D eigenvalue weighted by Gasteiger charge is 2.14. The number of halogens is 2. The summed E-state index contributed by atoms with van der Waals surface area (Å²) in [4.78, 5) is 0. The lowest BCUT2D eigenvalue weighted by Crippen LogP contribution is -2.12. The highest BCUT2D eigenvalue weighted by molar-refractivity contribution is 9.10. The van der Waals surface area contributed by atoms with Crippen LogP contribution in [0, 0.1) is 5.82 Å². The van der Waals surface area contributed by atoms with Crippen molar-refractivity contribution in [2.24, 2.45) is 5.73 Å². The average molecular weight is 344 g/mol. The van der Waals surface area contributed by atoms with Gasteiger partial charge in [-0.15, -0.1) is 0 Å². The van der Waals surface area contributed by atoms with Crippen LogP contribution in [0.3, 0.4) is 0 Å². The number of rotatable bonds is 10. The van der Waals surface area contributed by atoms with E-state index >= 15 is 0 Å².